The summed E-state index contributed by atoms with van der Waals surface area (Å²) in [6, 6.07) is 9.53. The molecule has 0 bridgehead atoms. The Labute approximate surface area is 126 Å². The third-order valence-corrected chi connectivity index (χ3v) is 4.09. The van der Waals surface area contributed by atoms with Crippen molar-refractivity contribution in [2.45, 2.75) is 44.8 Å². The quantitative estimate of drug-likeness (QED) is 0.869. The Kier molecular flexibility index (Phi) is 5.76. The molecule has 0 amide bonds. The maximum atomic E-state index is 11.9. The normalized spacial score (nSPS) is 30.9. The van der Waals surface area contributed by atoms with Gasteiger partial charge in [0.2, 0.25) is 0 Å². The summed E-state index contributed by atoms with van der Waals surface area (Å²) in [5.41, 5.74) is 6.97. The van der Waals surface area contributed by atoms with Gasteiger partial charge in [0.1, 0.15) is 12.1 Å². The van der Waals surface area contributed by atoms with Gasteiger partial charge in [-0.3, -0.25) is 4.79 Å². The molecule has 1 aromatic carbocycles. The lowest BCUT2D eigenvalue weighted by atomic mass is 9.80. The highest BCUT2D eigenvalue weighted by molar-refractivity contribution is 5.75. The van der Waals surface area contributed by atoms with Crippen LogP contribution >= 0.6 is 0 Å². The molecule has 4 heteroatoms. The van der Waals surface area contributed by atoms with Gasteiger partial charge in [0.05, 0.1) is 13.2 Å². The summed E-state index contributed by atoms with van der Waals surface area (Å²) in [6.07, 6.45) is 1.91. The van der Waals surface area contributed by atoms with Gasteiger partial charge in [-0.2, -0.15) is 0 Å². The van der Waals surface area contributed by atoms with Crippen molar-refractivity contribution >= 4 is 5.97 Å². The fraction of sp³-hybridized carbons (Fsp3) is 0.588. The molecular weight excluding hydrogens is 266 g/mol. The van der Waals surface area contributed by atoms with Gasteiger partial charge in [-0.05, 0) is 24.8 Å². The van der Waals surface area contributed by atoms with Crippen LogP contribution in [0.2, 0.25) is 0 Å². The Morgan fingerprint density at radius 3 is 2.62 bits per heavy atom. The summed E-state index contributed by atoms with van der Waals surface area (Å²) in [5.74, 6) is 0.0893. The van der Waals surface area contributed by atoms with Gasteiger partial charge in [-0.1, -0.05) is 43.7 Å². The molecule has 2 N–H and O–H groups in total. The maximum Gasteiger partial charge on any atom is 0.325 e. The van der Waals surface area contributed by atoms with Gasteiger partial charge in [0.15, 0.2) is 0 Å². The summed E-state index contributed by atoms with van der Waals surface area (Å²) < 4.78 is 11.3. The van der Waals surface area contributed by atoms with Crippen LogP contribution in [-0.4, -0.2) is 31.3 Å². The van der Waals surface area contributed by atoms with Crippen molar-refractivity contribution in [1.82, 2.24) is 0 Å². The van der Waals surface area contributed by atoms with E-state index in [-0.39, 0.29) is 24.6 Å². The van der Waals surface area contributed by atoms with Crippen molar-refractivity contribution in [3.63, 3.8) is 0 Å². The number of carbonyl (C=O) groups excluding carboxylic acids is 1. The van der Waals surface area contributed by atoms with Crippen LogP contribution in [0, 0.1) is 5.92 Å². The second-order valence-corrected chi connectivity index (χ2v) is 5.77. The first-order valence-electron chi connectivity index (χ1n) is 7.72. The van der Waals surface area contributed by atoms with Crippen molar-refractivity contribution in [1.29, 1.82) is 0 Å². The number of carbonyl (C=O) groups is 1. The summed E-state index contributed by atoms with van der Waals surface area (Å²) in [7, 11) is 0. The average molecular weight is 291 g/mol. The lowest BCUT2D eigenvalue weighted by Gasteiger charge is -2.31. The third kappa shape index (κ3) is 4.05. The molecular formula is C17H25NO3. The van der Waals surface area contributed by atoms with Gasteiger partial charge in [-0.15, -0.1) is 0 Å². The second-order valence-electron chi connectivity index (χ2n) is 5.77. The zero-order valence-corrected chi connectivity index (χ0v) is 12.8. The molecule has 116 valence electrons. The van der Waals surface area contributed by atoms with E-state index >= 15 is 0 Å². The molecule has 0 unspecified atom stereocenters. The highest BCUT2D eigenvalue weighted by Gasteiger charge is 2.33. The molecule has 4 atom stereocenters. The number of rotatable bonds is 3. The van der Waals surface area contributed by atoms with E-state index < -0.39 is 6.04 Å². The molecule has 1 saturated heterocycles. The van der Waals surface area contributed by atoms with E-state index in [2.05, 4.69) is 19.1 Å². The first-order chi connectivity index (χ1) is 10.1. The minimum atomic E-state index is -0.691. The zero-order valence-electron chi connectivity index (χ0n) is 12.8. The van der Waals surface area contributed by atoms with Gasteiger partial charge in [-0.25, -0.2) is 0 Å². The fourth-order valence-corrected chi connectivity index (χ4v) is 3.10. The van der Waals surface area contributed by atoms with E-state index in [9.17, 15) is 4.79 Å². The van der Waals surface area contributed by atoms with Crippen LogP contribution in [-0.2, 0) is 14.3 Å². The minimum Gasteiger partial charge on any atom is -0.461 e. The minimum absolute atomic E-state index is 0.139. The highest BCUT2D eigenvalue weighted by atomic mass is 16.5. The van der Waals surface area contributed by atoms with Crippen molar-refractivity contribution in [3.8, 4) is 0 Å². The molecule has 21 heavy (non-hydrogen) atoms. The predicted molar refractivity (Wildman–Crippen MR) is 81.9 cm³/mol. The fourth-order valence-electron chi connectivity index (χ4n) is 3.10. The summed E-state index contributed by atoms with van der Waals surface area (Å²) >= 11 is 0. The Balaban J connectivity index is 2.30. The van der Waals surface area contributed by atoms with Crippen molar-refractivity contribution < 1.29 is 14.3 Å². The molecule has 0 aliphatic carbocycles. The molecule has 2 rings (SSSR count). The van der Waals surface area contributed by atoms with E-state index in [4.69, 9.17) is 15.2 Å². The molecule has 0 saturated carbocycles. The van der Waals surface area contributed by atoms with Crippen LogP contribution in [0.25, 0.3) is 0 Å². The second kappa shape index (κ2) is 7.57. The van der Waals surface area contributed by atoms with Gasteiger partial charge in [0.25, 0.3) is 0 Å². The average Bonchev–Trinajstić information content (AvgIpc) is 2.52. The Hall–Kier alpha value is -1.39. The van der Waals surface area contributed by atoms with Crippen molar-refractivity contribution in [3.05, 3.63) is 35.9 Å². The first-order valence-corrected chi connectivity index (χ1v) is 7.72. The molecule has 1 fully saturated rings. The van der Waals surface area contributed by atoms with Gasteiger partial charge < -0.3 is 15.2 Å². The summed E-state index contributed by atoms with van der Waals surface area (Å²) in [4.78, 5) is 11.9. The van der Waals surface area contributed by atoms with E-state index in [0.717, 1.165) is 12.8 Å². The van der Waals surface area contributed by atoms with Gasteiger partial charge >= 0.3 is 5.97 Å². The number of esters is 1. The molecule has 1 aromatic rings. The van der Waals surface area contributed by atoms with Crippen LogP contribution in [0.15, 0.2) is 30.3 Å². The smallest absolute Gasteiger partial charge is 0.325 e. The number of hydrogen-bond acceptors (Lipinski definition) is 4. The molecule has 0 spiro atoms. The van der Waals surface area contributed by atoms with Crippen LogP contribution in [0.1, 0.15) is 38.2 Å². The number of benzene rings is 1. The van der Waals surface area contributed by atoms with Crippen LogP contribution in [0.4, 0.5) is 0 Å². The monoisotopic (exact) mass is 291 g/mol. The SMILES string of the molecule is CCC[C@H]1COC[C@H](N)C(=O)O[C@@H](C)[C@@H]1c1ccccc1. The number of nitrogens with two attached hydrogens (primary N) is 1. The molecule has 4 nitrogen and oxygen atoms in total. The van der Waals surface area contributed by atoms with Gasteiger partial charge in [0, 0.05) is 5.92 Å². The summed E-state index contributed by atoms with van der Waals surface area (Å²) in [5, 5.41) is 0. The standard InChI is InChI=1S/C17H25NO3/c1-3-7-14-10-20-11-15(18)17(19)21-12(2)16(14)13-8-5-4-6-9-13/h4-6,8-9,12,14-16H,3,7,10-11,18H2,1-2H3/t12-,14-,15-,16+/m0/s1. The van der Waals surface area contributed by atoms with E-state index in [1.807, 2.05) is 25.1 Å². The lowest BCUT2D eigenvalue weighted by Crippen LogP contribution is -2.38. The van der Waals surface area contributed by atoms with Crippen molar-refractivity contribution in [2.75, 3.05) is 13.2 Å². The molecule has 1 aliphatic rings. The molecule has 1 heterocycles. The predicted octanol–water partition coefficient (Wildman–Crippen LogP) is 2.48. The first kappa shape index (κ1) is 16.0. The largest absolute Gasteiger partial charge is 0.461 e. The lowest BCUT2D eigenvalue weighted by molar-refractivity contribution is -0.151. The third-order valence-electron chi connectivity index (χ3n) is 4.09. The van der Waals surface area contributed by atoms with Crippen LogP contribution in [0.5, 0.6) is 0 Å². The van der Waals surface area contributed by atoms with E-state index in [1.165, 1.54) is 5.56 Å². The van der Waals surface area contributed by atoms with Crippen LogP contribution < -0.4 is 5.73 Å². The topological polar surface area (TPSA) is 61.5 Å². The van der Waals surface area contributed by atoms with Crippen molar-refractivity contribution in [2.24, 2.45) is 11.7 Å². The maximum absolute atomic E-state index is 11.9. The van der Waals surface area contributed by atoms with E-state index in [0.29, 0.717) is 12.5 Å². The Morgan fingerprint density at radius 2 is 1.95 bits per heavy atom. The molecule has 0 radical (unpaired) electrons. The molecule has 1 aliphatic heterocycles. The number of hydrogen-bond donors (Lipinski definition) is 1. The highest BCUT2D eigenvalue weighted by Crippen LogP contribution is 2.34. The Morgan fingerprint density at radius 1 is 1.24 bits per heavy atom. The Bertz CT molecular complexity index is 449. The van der Waals surface area contributed by atoms with E-state index in [1.54, 1.807) is 0 Å². The zero-order chi connectivity index (χ0) is 15.2. The van der Waals surface area contributed by atoms with Crippen LogP contribution in [0.3, 0.4) is 0 Å². The molecule has 0 aromatic heterocycles. The summed E-state index contributed by atoms with van der Waals surface area (Å²) in [6.45, 7) is 4.96. The number of cyclic esters (lactones) is 1. The number of ether oxygens (including phenoxy) is 2.